The summed E-state index contributed by atoms with van der Waals surface area (Å²) in [6.45, 7) is 2.54. The van der Waals surface area contributed by atoms with Gasteiger partial charge in [0.1, 0.15) is 23.2 Å². The zero-order chi connectivity index (χ0) is 19.9. The fourth-order valence-corrected chi connectivity index (χ4v) is 2.73. The van der Waals surface area contributed by atoms with Gasteiger partial charge in [0.25, 0.3) is 0 Å². The molecular weight excluding hydrogens is 356 g/mol. The van der Waals surface area contributed by atoms with Crippen molar-refractivity contribution in [2.45, 2.75) is 13.3 Å². The van der Waals surface area contributed by atoms with Crippen LogP contribution in [0.2, 0.25) is 0 Å². The number of ether oxygens (including phenoxy) is 1. The fraction of sp³-hybridized carbons (Fsp3) is 0.190. The Morgan fingerprint density at radius 2 is 1.82 bits per heavy atom. The van der Waals surface area contributed by atoms with Gasteiger partial charge in [0.15, 0.2) is 0 Å². The first-order valence-corrected chi connectivity index (χ1v) is 8.86. The van der Waals surface area contributed by atoms with Gasteiger partial charge in [0.2, 0.25) is 0 Å². The van der Waals surface area contributed by atoms with Crippen LogP contribution in [0.4, 0.5) is 17.3 Å². The molecule has 28 heavy (non-hydrogen) atoms. The third-order valence-corrected chi connectivity index (χ3v) is 4.10. The summed E-state index contributed by atoms with van der Waals surface area (Å²) in [5.41, 5.74) is 2.17. The lowest BCUT2D eigenvalue weighted by Crippen LogP contribution is -2.08. The number of carboxylic acids is 1. The highest BCUT2D eigenvalue weighted by Gasteiger charge is 2.05. The molecule has 0 spiro atoms. The fourth-order valence-electron chi connectivity index (χ4n) is 2.73. The van der Waals surface area contributed by atoms with E-state index in [0.717, 1.165) is 30.2 Å². The molecule has 1 heterocycles. The quantitative estimate of drug-likeness (QED) is 0.547. The van der Waals surface area contributed by atoms with Crippen molar-refractivity contribution >= 4 is 23.3 Å². The van der Waals surface area contributed by atoms with Crippen molar-refractivity contribution < 1.29 is 14.6 Å². The summed E-state index contributed by atoms with van der Waals surface area (Å²) in [6.07, 6.45) is 0.833. The van der Waals surface area contributed by atoms with Crippen LogP contribution in [0.3, 0.4) is 0 Å². The molecule has 0 bridgehead atoms. The molecule has 0 unspecified atom stereocenters. The molecule has 0 aliphatic rings. The molecule has 0 aliphatic heterocycles. The summed E-state index contributed by atoms with van der Waals surface area (Å²) in [4.78, 5) is 19.7. The van der Waals surface area contributed by atoms with Crippen molar-refractivity contribution in [1.29, 1.82) is 0 Å². The molecule has 3 N–H and O–H groups in total. The lowest BCUT2D eigenvalue weighted by atomic mass is 10.1. The Hall–Kier alpha value is -3.61. The summed E-state index contributed by atoms with van der Waals surface area (Å²) in [7, 11) is 1.66. The first-order chi connectivity index (χ1) is 13.5. The number of hydrogen-bond donors (Lipinski definition) is 3. The molecule has 0 radical (unpaired) electrons. The Bertz CT molecular complexity index is 958. The zero-order valence-corrected chi connectivity index (χ0v) is 15.8. The van der Waals surface area contributed by atoms with Crippen molar-refractivity contribution in [1.82, 2.24) is 9.97 Å². The molecule has 0 saturated heterocycles. The number of aromatic carboxylic acids is 1. The Balaban J connectivity index is 1.63. The van der Waals surface area contributed by atoms with Crippen LogP contribution < -0.4 is 15.4 Å². The van der Waals surface area contributed by atoms with Gasteiger partial charge < -0.3 is 20.5 Å². The van der Waals surface area contributed by atoms with E-state index in [4.69, 9.17) is 9.84 Å². The Morgan fingerprint density at radius 1 is 1.07 bits per heavy atom. The first kappa shape index (κ1) is 19.2. The lowest BCUT2D eigenvalue weighted by Gasteiger charge is -2.11. The summed E-state index contributed by atoms with van der Waals surface area (Å²) >= 11 is 0. The van der Waals surface area contributed by atoms with Crippen LogP contribution in [0.5, 0.6) is 5.75 Å². The van der Waals surface area contributed by atoms with Crippen LogP contribution in [-0.2, 0) is 6.42 Å². The minimum absolute atomic E-state index is 0.240. The Morgan fingerprint density at radius 3 is 2.54 bits per heavy atom. The molecule has 3 aromatic rings. The molecular formula is C21H22N4O3. The smallest absolute Gasteiger partial charge is 0.335 e. The molecule has 0 fully saturated rings. The van der Waals surface area contributed by atoms with E-state index in [0.29, 0.717) is 11.6 Å². The average Bonchev–Trinajstić information content (AvgIpc) is 2.68. The van der Waals surface area contributed by atoms with Gasteiger partial charge in [0.05, 0.1) is 12.7 Å². The van der Waals surface area contributed by atoms with E-state index in [9.17, 15) is 4.79 Å². The largest absolute Gasteiger partial charge is 0.497 e. The summed E-state index contributed by atoms with van der Waals surface area (Å²) in [5.74, 6) is 1.89. The van der Waals surface area contributed by atoms with Gasteiger partial charge in [-0.15, -0.1) is 0 Å². The second-order valence-corrected chi connectivity index (χ2v) is 6.22. The van der Waals surface area contributed by atoms with E-state index in [1.165, 1.54) is 5.56 Å². The van der Waals surface area contributed by atoms with Crippen molar-refractivity contribution in [3.05, 3.63) is 71.5 Å². The van der Waals surface area contributed by atoms with E-state index >= 15 is 0 Å². The number of benzene rings is 2. The molecule has 0 aliphatic carbocycles. The van der Waals surface area contributed by atoms with Gasteiger partial charge in [-0.3, -0.25) is 0 Å². The molecule has 2 aromatic carbocycles. The molecule has 144 valence electrons. The van der Waals surface area contributed by atoms with Gasteiger partial charge in [-0.2, -0.15) is 0 Å². The average molecular weight is 378 g/mol. The minimum atomic E-state index is -0.952. The van der Waals surface area contributed by atoms with Gasteiger partial charge in [0, 0.05) is 18.3 Å². The number of carbonyl (C=O) groups is 1. The van der Waals surface area contributed by atoms with Crippen LogP contribution in [0.1, 0.15) is 21.7 Å². The zero-order valence-electron chi connectivity index (χ0n) is 15.8. The number of aromatic nitrogens is 2. The third kappa shape index (κ3) is 5.20. The van der Waals surface area contributed by atoms with Gasteiger partial charge >= 0.3 is 5.97 Å². The second-order valence-electron chi connectivity index (χ2n) is 6.22. The number of rotatable bonds is 8. The molecule has 0 saturated carbocycles. The van der Waals surface area contributed by atoms with E-state index in [2.05, 4.69) is 26.7 Å². The van der Waals surface area contributed by atoms with E-state index in [-0.39, 0.29) is 5.56 Å². The van der Waals surface area contributed by atoms with Crippen LogP contribution in [-0.4, -0.2) is 34.7 Å². The third-order valence-electron chi connectivity index (χ3n) is 4.10. The number of methoxy groups -OCH3 is 1. The Kier molecular flexibility index (Phi) is 6.06. The number of hydrogen-bond acceptors (Lipinski definition) is 6. The van der Waals surface area contributed by atoms with Crippen LogP contribution in [0, 0.1) is 6.92 Å². The van der Waals surface area contributed by atoms with Crippen LogP contribution >= 0.6 is 0 Å². The molecule has 3 rings (SSSR count). The predicted molar refractivity (Wildman–Crippen MR) is 109 cm³/mol. The molecule has 0 atom stereocenters. The highest BCUT2D eigenvalue weighted by molar-refractivity contribution is 5.88. The van der Waals surface area contributed by atoms with Crippen molar-refractivity contribution in [3.63, 3.8) is 0 Å². The maximum Gasteiger partial charge on any atom is 0.335 e. The normalized spacial score (nSPS) is 10.4. The molecule has 1 aromatic heterocycles. The number of carboxylic acid groups (broad SMARTS) is 1. The first-order valence-electron chi connectivity index (χ1n) is 8.86. The minimum Gasteiger partial charge on any atom is -0.497 e. The topological polar surface area (TPSA) is 96.4 Å². The van der Waals surface area contributed by atoms with Crippen molar-refractivity contribution in [2.24, 2.45) is 0 Å². The summed E-state index contributed by atoms with van der Waals surface area (Å²) < 4.78 is 5.25. The molecule has 7 nitrogen and oxygen atoms in total. The summed E-state index contributed by atoms with van der Waals surface area (Å²) in [5, 5.41) is 15.5. The van der Waals surface area contributed by atoms with Crippen LogP contribution in [0.25, 0.3) is 0 Å². The lowest BCUT2D eigenvalue weighted by molar-refractivity contribution is 0.0697. The molecule has 0 amide bonds. The predicted octanol–water partition coefficient (Wildman–Crippen LogP) is 3.89. The van der Waals surface area contributed by atoms with E-state index < -0.39 is 5.97 Å². The SMILES string of the molecule is COc1cccc(CCNc2cc(Nc3ccc(C(=O)O)cc3)nc(C)n2)c1. The van der Waals surface area contributed by atoms with Crippen LogP contribution in [0.15, 0.2) is 54.6 Å². The van der Waals surface area contributed by atoms with E-state index in [1.54, 1.807) is 31.4 Å². The number of nitrogens with one attached hydrogen (secondary N) is 2. The van der Waals surface area contributed by atoms with E-state index in [1.807, 2.05) is 31.2 Å². The highest BCUT2D eigenvalue weighted by Crippen LogP contribution is 2.18. The summed E-state index contributed by atoms with van der Waals surface area (Å²) in [6, 6.07) is 16.3. The maximum atomic E-state index is 10.9. The van der Waals surface area contributed by atoms with Gasteiger partial charge in [-0.25, -0.2) is 14.8 Å². The monoisotopic (exact) mass is 378 g/mol. The molecule has 7 heteroatoms. The van der Waals surface area contributed by atoms with Gasteiger partial charge in [-0.05, 0) is 55.3 Å². The van der Waals surface area contributed by atoms with Crippen molar-refractivity contribution in [3.8, 4) is 5.75 Å². The number of anilines is 3. The Labute approximate surface area is 163 Å². The van der Waals surface area contributed by atoms with Crippen molar-refractivity contribution in [2.75, 3.05) is 24.3 Å². The van der Waals surface area contributed by atoms with Gasteiger partial charge in [-0.1, -0.05) is 12.1 Å². The second kappa shape index (κ2) is 8.85. The number of aryl methyl sites for hydroxylation is 1. The highest BCUT2D eigenvalue weighted by atomic mass is 16.5. The maximum absolute atomic E-state index is 10.9. The number of nitrogens with zero attached hydrogens (tertiary/aromatic N) is 2. The standard InChI is InChI=1S/C21H22N4O3/c1-14-23-19(22-11-10-15-4-3-5-18(12-15)28-2)13-20(24-14)25-17-8-6-16(7-9-17)21(26)27/h3-9,12-13H,10-11H2,1-2H3,(H,26,27)(H2,22,23,24,25).